The van der Waals surface area contributed by atoms with Gasteiger partial charge in [0.25, 0.3) is 0 Å². The predicted molar refractivity (Wildman–Crippen MR) is 58.9 cm³/mol. The van der Waals surface area contributed by atoms with Gasteiger partial charge in [-0.1, -0.05) is 0 Å². The summed E-state index contributed by atoms with van der Waals surface area (Å²) in [7, 11) is 1.64. The first-order valence-electron chi connectivity index (χ1n) is 4.97. The van der Waals surface area contributed by atoms with Crippen molar-refractivity contribution in [2.24, 2.45) is 0 Å². The maximum Gasteiger partial charge on any atom is 0.163 e. The van der Waals surface area contributed by atoms with Crippen LogP contribution in [0.1, 0.15) is 5.82 Å². The number of ether oxygens (including phenoxy) is 2. The Balaban J connectivity index is 2.09. The second kappa shape index (κ2) is 4.91. The topological polar surface area (TPSA) is 74.7 Å². The molecule has 0 spiro atoms. The zero-order chi connectivity index (χ0) is 11.4. The van der Waals surface area contributed by atoms with Crippen LogP contribution in [0.3, 0.4) is 0 Å². The molecule has 0 aliphatic heterocycles. The molecule has 0 saturated heterocycles. The Bertz CT molecular complexity index is 469. The molecule has 0 saturated carbocycles. The minimum atomic E-state index is 0.397. The van der Waals surface area contributed by atoms with Crippen molar-refractivity contribution in [3.63, 3.8) is 0 Å². The van der Waals surface area contributed by atoms with E-state index in [1.807, 2.05) is 10.5 Å². The monoisotopic (exact) mass is 222 g/mol. The number of methoxy groups -OCH3 is 1. The third kappa shape index (κ3) is 2.29. The second-order valence-corrected chi connectivity index (χ2v) is 3.35. The Morgan fingerprint density at radius 2 is 2.19 bits per heavy atom. The lowest BCUT2D eigenvalue weighted by atomic mass is 10.4. The lowest BCUT2D eigenvalue weighted by Gasteiger charge is -2.02. The van der Waals surface area contributed by atoms with E-state index >= 15 is 0 Å². The lowest BCUT2D eigenvalue weighted by Crippen LogP contribution is -2.04. The maximum atomic E-state index is 5.69. The van der Waals surface area contributed by atoms with Crippen LogP contribution in [0, 0.1) is 0 Å². The van der Waals surface area contributed by atoms with Crippen molar-refractivity contribution < 1.29 is 9.47 Å². The largest absolute Gasteiger partial charge is 0.398 e. The molecule has 0 radical (unpaired) electrons. The molecule has 0 aromatic carbocycles. The molecule has 6 heteroatoms. The number of pyridine rings is 1. The normalized spacial score (nSPS) is 11.1. The van der Waals surface area contributed by atoms with Gasteiger partial charge in [-0.25, -0.2) is 0 Å². The van der Waals surface area contributed by atoms with Crippen LogP contribution in [0.15, 0.2) is 18.3 Å². The lowest BCUT2D eigenvalue weighted by molar-refractivity contribution is 0.0582. The number of nitrogens with zero attached hydrogens (tertiary/aromatic N) is 3. The van der Waals surface area contributed by atoms with Gasteiger partial charge in [-0.2, -0.15) is 0 Å². The van der Waals surface area contributed by atoms with Gasteiger partial charge in [-0.05, 0) is 12.1 Å². The van der Waals surface area contributed by atoms with E-state index in [1.165, 1.54) is 0 Å². The molecule has 2 rings (SSSR count). The van der Waals surface area contributed by atoms with E-state index in [2.05, 4.69) is 10.2 Å². The van der Waals surface area contributed by atoms with Gasteiger partial charge in [0, 0.05) is 19.0 Å². The summed E-state index contributed by atoms with van der Waals surface area (Å²) in [4.78, 5) is 0. The quantitative estimate of drug-likeness (QED) is 0.744. The molecular weight excluding hydrogens is 208 g/mol. The summed E-state index contributed by atoms with van der Waals surface area (Å²) < 4.78 is 12.1. The van der Waals surface area contributed by atoms with Gasteiger partial charge in [-0.3, -0.25) is 4.40 Å². The summed E-state index contributed by atoms with van der Waals surface area (Å²) in [6, 6.07) is 3.61. The summed E-state index contributed by atoms with van der Waals surface area (Å²) in [5.41, 5.74) is 7.13. The standard InChI is InChI=1S/C10H14N4O2/c1-15-4-5-16-7-10-13-12-9-3-2-8(11)6-14(9)10/h2-3,6H,4-5,7,11H2,1H3. The van der Waals surface area contributed by atoms with Crippen LogP contribution >= 0.6 is 0 Å². The van der Waals surface area contributed by atoms with E-state index in [0.717, 1.165) is 11.5 Å². The zero-order valence-electron chi connectivity index (χ0n) is 9.09. The Morgan fingerprint density at radius 1 is 1.31 bits per heavy atom. The summed E-state index contributed by atoms with van der Waals surface area (Å²) in [6.45, 7) is 1.50. The molecule has 2 heterocycles. The van der Waals surface area contributed by atoms with Gasteiger partial charge >= 0.3 is 0 Å². The maximum absolute atomic E-state index is 5.69. The molecule has 0 amide bonds. The average molecular weight is 222 g/mol. The first-order valence-corrected chi connectivity index (χ1v) is 4.97. The minimum Gasteiger partial charge on any atom is -0.398 e. The number of hydrogen-bond donors (Lipinski definition) is 1. The van der Waals surface area contributed by atoms with Crippen LogP contribution in [0.4, 0.5) is 5.69 Å². The van der Waals surface area contributed by atoms with E-state index in [-0.39, 0.29) is 0 Å². The van der Waals surface area contributed by atoms with Crippen LogP contribution in [-0.4, -0.2) is 34.9 Å². The predicted octanol–water partition coefficient (Wildman–Crippen LogP) is 0.474. The molecule has 16 heavy (non-hydrogen) atoms. The molecule has 6 nitrogen and oxygen atoms in total. The highest BCUT2D eigenvalue weighted by Crippen LogP contribution is 2.08. The number of nitrogens with two attached hydrogens (primary N) is 1. The molecule has 0 atom stereocenters. The van der Waals surface area contributed by atoms with Gasteiger partial charge in [0.1, 0.15) is 6.61 Å². The number of nitrogen functional groups attached to an aromatic ring is 1. The first kappa shape index (κ1) is 10.8. The van der Waals surface area contributed by atoms with Crippen molar-refractivity contribution in [3.05, 3.63) is 24.2 Å². The molecule has 0 aliphatic rings. The second-order valence-electron chi connectivity index (χ2n) is 3.35. The van der Waals surface area contributed by atoms with E-state index in [9.17, 15) is 0 Å². The molecule has 0 bridgehead atoms. The van der Waals surface area contributed by atoms with E-state index in [4.69, 9.17) is 15.2 Å². The third-order valence-electron chi connectivity index (χ3n) is 2.16. The van der Waals surface area contributed by atoms with Crippen LogP contribution in [-0.2, 0) is 16.1 Å². The number of aromatic nitrogens is 3. The molecule has 2 N–H and O–H groups in total. The summed E-state index contributed by atoms with van der Waals surface area (Å²) >= 11 is 0. The Morgan fingerprint density at radius 3 is 3.00 bits per heavy atom. The third-order valence-corrected chi connectivity index (χ3v) is 2.16. The zero-order valence-corrected chi connectivity index (χ0v) is 9.09. The van der Waals surface area contributed by atoms with Crippen molar-refractivity contribution in [2.45, 2.75) is 6.61 Å². The SMILES string of the molecule is COCCOCc1nnc2ccc(N)cn12. The molecule has 0 unspecified atom stereocenters. The van der Waals surface area contributed by atoms with Crippen LogP contribution in [0.25, 0.3) is 5.65 Å². The van der Waals surface area contributed by atoms with Gasteiger partial charge < -0.3 is 15.2 Å². The van der Waals surface area contributed by atoms with Crippen molar-refractivity contribution in [1.82, 2.24) is 14.6 Å². The number of anilines is 1. The van der Waals surface area contributed by atoms with Crippen LogP contribution in [0.5, 0.6) is 0 Å². The van der Waals surface area contributed by atoms with Crippen molar-refractivity contribution in [3.8, 4) is 0 Å². The molecule has 0 aliphatic carbocycles. The molecule has 2 aromatic rings. The number of hydrogen-bond acceptors (Lipinski definition) is 5. The molecule has 0 fully saturated rings. The van der Waals surface area contributed by atoms with Crippen molar-refractivity contribution in [2.75, 3.05) is 26.1 Å². The van der Waals surface area contributed by atoms with Crippen LogP contribution in [0.2, 0.25) is 0 Å². The van der Waals surface area contributed by atoms with Crippen molar-refractivity contribution >= 4 is 11.3 Å². The van der Waals surface area contributed by atoms with Gasteiger partial charge in [0.05, 0.1) is 13.2 Å². The number of fused-ring (bicyclic) bond motifs is 1. The average Bonchev–Trinajstić information content (AvgIpc) is 2.67. The minimum absolute atomic E-state index is 0.397. The van der Waals surface area contributed by atoms with E-state index in [0.29, 0.717) is 25.5 Å². The Labute approximate surface area is 93.0 Å². The Hall–Kier alpha value is -1.66. The fourth-order valence-corrected chi connectivity index (χ4v) is 1.36. The van der Waals surface area contributed by atoms with Gasteiger partial charge in [-0.15, -0.1) is 10.2 Å². The summed E-state index contributed by atoms with van der Waals surface area (Å²) in [6.07, 6.45) is 1.78. The highest BCUT2D eigenvalue weighted by molar-refractivity contribution is 5.46. The Kier molecular flexibility index (Phi) is 3.33. The van der Waals surface area contributed by atoms with Crippen LogP contribution < -0.4 is 5.73 Å². The van der Waals surface area contributed by atoms with E-state index in [1.54, 1.807) is 19.4 Å². The number of rotatable bonds is 5. The van der Waals surface area contributed by atoms with Crippen molar-refractivity contribution in [1.29, 1.82) is 0 Å². The van der Waals surface area contributed by atoms with Gasteiger partial charge in [0.2, 0.25) is 0 Å². The molecule has 2 aromatic heterocycles. The highest BCUT2D eigenvalue weighted by Gasteiger charge is 2.04. The van der Waals surface area contributed by atoms with Gasteiger partial charge in [0.15, 0.2) is 11.5 Å². The fourth-order valence-electron chi connectivity index (χ4n) is 1.36. The molecule has 86 valence electrons. The summed E-state index contributed by atoms with van der Waals surface area (Å²) in [5.74, 6) is 0.735. The smallest absolute Gasteiger partial charge is 0.163 e. The first-order chi connectivity index (χ1) is 7.81. The van der Waals surface area contributed by atoms with E-state index < -0.39 is 0 Å². The summed E-state index contributed by atoms with van der Waals surface area (Å²) in [5, 5.41) is 8.03. The molecular formula is C10H14N4O2. The fraction of sp³-hybridized carbons (Fsp3) is 0.400. The highest BCUT2D eigenvalue weighted by atomic mass is 16.5.